The van der Waals surface area contributed by atoms with Crippen LogP contribution in [-0.4, -0.2) is 15.6 Å². The third kappa shape index (κ3) is 2.34. The highest BCUT2D eigenvalue weighted by atomic mass is 35.5. The number of halogens is 1. The van der Waals surface area contributed by atoms with Gasteiger partial charge < -0.3 is 9.88 Å². The fraction of sp³-hybridized carbons (Fsp3) is 0.727. The van der Waals surface area contributed by atoms with Gasteiger partial charge in [0, 0.05) is 13.1 Å². The molecule has 2 unspecified atom stereocenters. The number of rotatable bonds is 3. The van der Waals surface area contributed by atoms with Gasteiger partial charge in [-0.2, -0.15) is 0 Å². The molecule has 1 aromatic heterocycles. The Bertz CT molecular complexity index is 335. The molecule has 0 spiro atoms. The van der Waals surface area contributed by atoms with Gasteiger partial charge in [0.1, 0.15) is 11.0 Å². The average molecular weight is 228 g/mol. The van der Waals surface area contributed by atoms with Crippen molar-refractivity contribution in [3.8, 4) is 0 Å². The first kappa shape index (κ1) is 11.0. The molecule has 1 aliphatic rings. The number of imidazole rings is 1. The minimum atomic E-state index is 0.653. The standard InChI is InChI=1S/C11H18ClN3/c1-8-4-3-5-9(8)13-7-11-14-6-10(12)15(11)2/h6,8-9,13H,3-5,7H2,1-2H3. The third-order valence-electron chi connectivity index (χ3n) is 3.41. The van der Waals surface area contributed by atoms with Crippen LogP contribution in [0.1, 0.15) is 32.0 Å². The summed E-state index contributed by atoms with van der Waals surface area (Å²) >= 11 is 5.93. The molecule has 1 heterocycles. The number of hydrogen-bond donors (Lipinski definition) is 1. The highest BCUT2D eigenvalue weighted by Crippen LogP contribution is 2.25. The lowest BCUT2D eigenvalue weighted by Crippen LogP contribution is -2.31. The van der Waals surface area contributed by atoms with Crippen LogP contribution in [0.5, 0.6) is 0 Å². The number of aromatic nitrogens is 2. The predicted octanol–water partition coefficient (Wildman–Crippen LogP) is 2.35. The predicted molar refractivity (Wildman–Crippen MR) is 61.9 cm³/mol. The smallest absolute Gasteiger partial charge is 0.128 e. The molecule has 1 fully saturated rings. The van der Waals surface area contributed by atoms with Crippen LogP contribution in [0.2, 0.25) is 5.15 Å². The van der Waals surface area contributed by atoms with Gasteiger partial charge in [-0.25, -0.2) is 4.98 Å². The SMILES string of the molecule is CC1CCCC1NCc1ncc(Cl)n1C. The van der Waals surface area contributed by atoms with E-state index in [0.717, 1.165) is 18.3 Å². The number of nitrogens with one attached hydrogen (secondary N) is 1. The molecule has 0 bridgehead atoms. The maximum absolute atomic E-state index is 5.93. The molecule has 0 aliphatic heterocycles. The summed E-state index contributed by atoms with van der Waals surface area (Å²) < 4.78 is 1.92. The van der Waals surface area contributed by atoms with Crippen LogP contribution in [-0.2, 0) is 13.6 Å². The molecule has 84 valence electrons. The van der Waals surface area contributed by atoms with Crippen LogP contribution < -0.4 is 5.32 Å². The number of nitrogens with zero attached hydrogens (tertiary/aromatic N) is 2. The minimum Gasteiger partial charge on any atom is -0.321 e. The molecule has 3 nitrogen and oxygen atoms in total. The monoisotopic (exact) mass is 227 g/mol. The fourth-order valence-electron chi connectivity index (χ4n) is 2.26. The Morgan fingerprint density at radius 3 is 2.93 bits per heavy atom. The molecule has 1 aliphatic carbocycles. The van der Waals surface area contributed by atoms with Gasteiger partial charge in [0.15, 0.2) is 0 Å². The molecule has 0 amide bonds. The molecule has 15 heavy (non-hydrogen) atoms. The van der Waals surface area contributed by atoms with Crippen LogP contribution in [0.15, 0.2) is 6.20 Å². The molecule has 4 heteroatoms. The van der Waals surface area contributed by atoms with Crippen LogP contribution in [0, 0.1) is 5.92 Å². The van der Waals surface area contributed by atoms with Gasteiger partial charge in [-0.15, -0.1) is 0 Å². The molecule has 2 atom stereocenters. The first-order valence-corrected chi connectivity index (χ1v) is 5.95. The summed E-state index contributed by atoms with van der Waals surface area (Å²) in [6.07, 6.45) is 5.69. The highest BCUT2D eigenvalue weighted by Gasteiger charge is 2.22. The summed E-state index contributed by atoms with van der Waals surface area (Å²) in [5.41, 5.74) is 0. The molecular weight excluding hydrogens is 210 g/mol. The van der Waals surface area contributed by atoms with Crippen molar-refractivity contribution in [1.29, 1.82) is 0 Å². The zero-order valence-electron chi connectivity index (χ0n) is 9.33. The van der Waals surface area contributed by atoms with Crippen molar-refractivity contribution in [2.24, 2.45) is 13.0 Å². The van der Waals surface area contributed by atoms with E-state index in [-0.39, 0.29) is 0 Å². The van der Waals surface area contributed by atoms with Gasteiger partial charge >= 0.3 is 0 Å². The summed E-state index contributed by atoms with van der Waals surface area (Å²) in [4.78, 5) is 4.27. The molecule has 0 aromatic carbocycles. The van der Waals surface area contributed by atoms with Gasteiger partial charge in [0.25, 0.3) is 0 Å². The Morgan fingerprint density at radius 2 is 2.40 bits per heavy atom. The van der Waals surface area contributed by atoms with Gasteiger partial charge in [-0.3, -0.25) is 0 Å². The lowest BCUT2D eigenvalue weighted by atomic mass is 10.1. The molecule has 0 saturated heterocycles. The van der Waals surface area contributed by atoms with E-state index in [1.807, 2.05) is 11.6 Å². The minimum absolute atomic E-state index is 0.653. The van der Waals surface area contributed by atoms with Crippen molar-refractivity contribution < 1.29 is 0 Å². The van der Waals surface area contributed by atoms with Gasteiger partial charge in [0.2, 0.25) is 0 Å². The van der Waals surface area contributed by atoms with E-state index >= 15 is 0 Å². The lowest BCUT2D eigenvalue weighted by Gasteiger charge is -2.16. The zero-order chi connectivity index (χ0) is 10.8. The van der Waals surface area contributed by atoms with Crippen molar-refractivity contribution in [2.45, 2.75) is 38.8 Å². The van der Waals surface area contributed by atoms with E-state index in [0.29, 0.717) is 11.2 Å². The quantitative estimate of drug-likeness (QED) is 0.859. The van der Waals surface area contributed by atoms with E-state index in [9.17, 15) is 0 Å². The average Bonchev–Trinajstić information content (AvgIpc) is 2.74. The second-order valence-electron chi connectivity index (χ2n) is 4.45. The summed E-state index contributed by atoms with van der Waals surface area (Å²) in [6, 6.07) is 0.653. The Morgan fingerprint density at radius 1 is 1.60 bits per heavy atom. The summed E-state index contributed by atoms with van der Waals surface area (Å²) in [5, 5.41) is 4.26. The maximum Gasteiger partial charge on any atom is 0.128 e. The van der Waals surface area contributed by atoms with Crippen LogP contribution in [0.4, 0.5) is 0 Å². The normalized spacial score (nSPS) is 26.1. The largest absolute Gasteiger partial charge is 0.321 e. The molecule has 1 N–H and O–H groups in total. The first-order valence-electron chi connectivity index (χ1n) is 5.58. The maximum atomic E-state index is 5.93. The first-order chi connectivity index (χ1) is 7.18. The topological polar surface area (TPSA) is 29.9 Å². The second kappa shape index (κ2) is 4.54. The Labute approximate surface area is 95.8 Å². The molecule has 1 saturated carbocycles. The molecule has 0 radical (unpaired) electrons. The third-order valence-corrected chi connectivity index (χ3v) is 3.76. The van der Waals surface area contributed by atoms with Crippen molar-refractivity contribution in [3.63, 3.8) is 0 Å². The summed E-state index contributed by atoms with van der Waals surface area (Å²) in [5.74, 6) is 1.81. The van der Waals surface area contributed by atoms with Crippen molar-refractivity contribution in [2.75, 3.05) is 0 Å². The zero-order valence-corrected chi connectivity index (χ0v) is 10.1. The van der Waals surface area contributed by atoms with Crippen molar-refractivity contribution in [3.05, 3.63) is 17.2 Å². The van der Waals surface area contributed by atoms with Crippen molar-refractivity contribution in [1.82, 2.24) is 14.9 Å². The lowest BCUT2D eigenvalue weighted by molar-refractivity contribution is 0.418. The van der Waals surface area contributed by atoms with Crippen LogP contribution in [0.25, 0.3) is 0 Å². The van der Waals surface area contributed by atoms with Gasteiger partial charge in [-0.05, 0) is 18.8 Å². The van der Waals surface area contributed by atoms with Gasteiger partial charge in [-0.1, -0.05) is 24.9 Å². The molecule has 2 rings (SSSR count). The van der Waals surface area contributed by atoms with Crippen LogP contribution in [0.3, 0.4) is 0 Å². The van der Waals surface area contributed by atoms with E-state index in [1.165, 1.54) is 19.3 Å². The highest BCUT2D eigenvalue weighted by molar-refractivity contribution is 6.29. The van der Waals surface area contributed by atoms with E-state index in [4.69, 9.17) is 11.6 Å². The van der Waals surface area contributed by atoms with E-state index < -0.39 is 0 Å². The Hall–Kier alpha value is -0.540. The Kier molecular flexibility index (Phi) is 3.32. The van der Waals surface area contributed by atoms with E-state index in [2.05, 4.69) is 17.2 Å². The summed E-state index contributed by atoms with van der Waals surface area (Å²) in [6.45, 7) is 3.13. The van der Waals surface area contributed by atoms with E-state index in [1.54, 1.807) is 6.20 Å². The van der Waals surface area contributed by atoms with Gasteiger partial charge in [0.05, 0.1) is 12.7 Å². The fourth-order valence-corrected chi connectivity index (χ4v) is 2.41. The Balaban J connectivity index is 1.90. The molecule has 1 aromatic rings. The number of hydrogen-bond acceptors (Lipinski definition) is 2. The second-order valence-corrected chi connectivity index (χ2v) is 4.84. The molecular formula is C11H18ClN3. The van der Waals surface area contributed by atoms with Crippen LogP contribution >= 0.6 is 11.6 Å². The summed E-state index contributed by atoms with van der Waals surface area (Å²) in [7, 11) is 1.95. The van der Waals surface area contributed by atoms with Crippen molar-refractivity contribution >= 4 is 11.6 Å².